The Morgan fingerprint density at radius 3 is 2.62 bits per heavy atom. The predicted molar refractivity (Wildman–Crippen MR) is 89.5 cm³/mol. The maximum Gasteiger partial charge on any atom is 0.213 e. The van der Waals surface area contributed by atoms with Gasteiger partial charge in [-0.3, -0.25) is 0 Å². The molecule has 0 spiro atoms. The van der Waals surface area contributed by atoms with Crippen LogP contribution >= 0.6 is 22.7 Å². The van der Waals surface area contributed by atoms with Crippen LogP contribution in [0.5, 0.6) is 5.88 Å². The maximum absolute atomic E-state index is 5.10. The molecule has 0 aromatic carbocycles. The van der Waals surface area contributed by atoms with Crippen LogP contribution in [0.1, 0.15) is 15.8 Å². The smallest absolute Gasteiger partial charge is 0.213 e. The summed E-state index contributed by atoms with van der Waals surface area (Å²) in [4.78, 5) is 6.96. The van der Waals surface area contributed by atoms with Gasteiger partial charge in [0.2, 0.25) is 5.88 Å². The lowest BCUT2D eigenvalue weighted by Crippen LogP contribution is -2.12. The molecule has 0 bridgehead atoms. The highest BCUT2D eigenvalue weighted by Crippen LogP contribution is 2.28. The van der Waals surface area contributed by atoms with E-state index >= 15 is 0 Å². The zero-order valence-corrected chi connectivity index (χ0v) is 13.3. The van der Waals surface area contributed by atoms with Crippen molar-refractivity contribution in [3.63, 3.8) is 0 Å². The third kappa shape index (κ3) is 3.62. The number of nitrogens with one attached hydrogen (secondary N) is 1. The zero-order valence-electron chi connectivity index (χ0n) is 11.7. The second-order valence-corrected chi connectivity index (χ2v) is 6.60. The van der Waals surface area contributed by atoms with E-state index in [0.717, 1.165) is 12.1 Å². The number of methoxy groups -OCH3 is 1. The van der Waals surface area contributed by atoms with Crippen LogP contribution in [0.4, 0.5) is 5.69 Å². The van der Waals surface area contributed by atoms with Gasteiger partial charge in [0.1, 0.15) is 0 Å². The molecule has 3 heterocycles. The topological polar surface area (TPSA) is 34.1 Å². The molecular formula is C16H16N2OS2. The van der Waals surface area contributed by atoms with Crippen molar-refractivity contribution in [2.24, 2.45) is 0 Å². The van der Waals surface area contributed by atoms with Gasteiger partial charge in [0.25, 0.3) is 0 Å². The quantitative estimate of drug-likeness (QED) is 0.721. The molecule has 1 N–H and O–H groups in total. The Hall–Kier alpha value is -1.85. The molecule has 0 aliphatic heterocycles. The van der Waals surface area contributed by atoms with E-state index in [0.29, 0.717) is 5.88 Å². The van der Waals surface area contributed by atoms with Crippen LogP contribution < -0.4 is 10.1 Å². The van der Waals surface area contributed by atoms with Crippen molar-refractivity contribution >= 4 is 28.4 Å². The Balaban J connectivity index is 1.78. The first-order valence-corrected chi connectivity index (χ1v) is 8.43. The molecule has 0 saturated carbocycles. The second-order valence-electron chi connectivity index (χ2n) is 4.59. The Morgan fingerprint density at radius 1 is 1.14 bits per heavy atom. The molecule has 108 valence electrons. The van der Waals surface area contributed by atoms with Gasteiger partial charge in [0, 0.05) is 22.2 Å². The molecule has 0 amide bonds. The highest BCUT2D eigenvalue weighted by Gasteiger charge is 2.14. The average molecular weight is 316 g/mol. The van der Waals surface area contributed by atoms with Gasteiger partial charge in [-0.15, -0.1) is 22.7 Å². The van der Waals surface area contributed by atoms with E-state index in [1.165, 1.54) is 9.75 Å². The van der Waals surface area contributed by atoms with Crippen LogP contribution in [0, 0.1) is 0 Å². The Kier molecular flexibility index (Phi) is 4.52. The van der Waals surface area contributed by atoms with Gasteiger partial charge in [-0.05, 0) is 29.0 Å². The molecule has 5 heteroatoms. The van der Waals surface area contributed by atoms with Crippen LogP contribution in [-0.4, -0.2) is 12.1 Å². The number of pyridine rings is 1. The maximum atomic E-state index is 5.10. The van der Waals surface area contributed by atoms with E-state index in [4.69, 9.17) is 4.74 Å². The van der Waals surface area contributed by atoms with Crippen LogP contribution in [0.15, 0.2) is 53.4 Å². The Labute approximate surface area is 132 Å². The minimum atomic E-state index is 0.263. The van der Waals surface area contributed by atoms with E-state index in [1.807, 2.05) is 18.3 Å². The summed E-state index contributed by atoms with van der Waals surface area (Å²) >= 11 is 3.57. The number of rotatable bonds is 6. The predicted octanol–water partition coefficient (Wildman–Crippen LogP) is 4.61. The van der Waals surface area contributed by atoms with Crippen molar-refractivity contribution in [3.8, 4) is 5.88 Å². The number of thiophene rings is 2. The van der Waals surface area contributed by atoms with Crippen LogP contribution in [0.3, 0.4) is 0 Å². The van der Waals surface area contributed by atoms with Gasteiger partial charge in [0.15, 0.2) is 0 Å². The highest BCUT2D eigenvalue weighted by molar-refractivity contribution is 7.10. The molecule has 3 nitrogen and oxygen atoms in total. The molecule has 3 rings (SSSR count). The fraction of sp³-hybridized carbons (Fsp3) is 0.188. The van der Waals surface area contributed by atoms with Crippen molar-refractivity contribution in [1.29, 1.82) is 0 Å². The first kappa shape index (κ1) is 14.1. The molecule has 21 heavy (non-hydrogen) atoms. The van der Waals surface area contributed by atoms with Gasteiger partial charge in [-0.1, -0.05) is 12.1 Å². The van der Waals surface area contributed by atoms with Crippen molar-refractivity contribution in [1.82, 2.24) is 4.98 Å². The lowest BCUT2D eigenvalue weighted by molar-refractivity contribution is 0.398. The first-order valence-electron chi connectivity index (χ1n) is 6.67. The Bertz CT molecular complexity index is 648. The molecular weight excluding hydrogens is 300 g/mol. The number of ether oxygens (including phenoxy) is 1. The normalized spacial score (nSPS) is 12.0. The summed E-state index contributed by atoms with van der Waals surface area (Å²) < 4.78 is 5.10. The lowest BCUT2D eigenvalue weighted by Gasteiger charge is -2.18. The van der Waals surface area contributed by atoms with E-state index in [-0.39, 0.29) is 6.04 Å². The van der Waals surface area contributed by atoms with Gasteiger partial charge in [-0.25, -0.2) is 4.98 Å². The number of nitrogens with zero attached hydrogens (tertiary/aromatic N) is 1. The van der Waals surface area contributed by atoms with Crippen molar-refractivity contribution < 1.29 is 4.74 Å². The third-order valence-corrected chi connectivity index (χ3v) is 5.04. The van der Waals surface area contributed by atoms with Gasteiger partial charge >= 0.3 is 0 Å². The second kappa shape index (κ2) is 6.74. The molecule has 0 aliphatic rings. The summed E-state index contributed by atoms with van der Waals surface area (Å²) in [5, 5.41) is 7.81. The summed E-state index contributed by atoms with van der Waals surface area (Å²) in [6, 6.07) is 12.7. The van der Waals surface area contributed by atoms with E-state index in [1.54, 1.807) is 29.8 Å². The third-order valence-electron chi connectivity index (χ3n) is 3.16. The molecule has 0 radical (unpaired) electrons. The number of anilines is 1. The van der Waals surface area contributed by atoms with Crippen molar-refractivity contribution in [3.05, 3.63) is 63.1 Å². The van der Waals surface area contributed by atoms with Crippen LogP contribution in [0.2, 0.25) is 0 Å². The first-order chi connectivity index (χ1) is 10.3. The summed E-state index contributed by atoms with van der Waals surface area (Å²) in [5.74, 6) is 0.631. The average Bonchev–Trinajstić information content (AvgIpc) is 3.21. The molecule has 3 aromatic rings. The van der Waals surface area contributed by atoms with Gasteiger partial charge < -0.3 is 10.1 Å². The van der Waals surface area contributed by atoms with Crippen LogP contribution in [-0.2, 0) is 6.42 Å². The molecule has 0 fully saturated rings. The minimum absolute atomic E-state index is 0.263. The van der Waals surface area contributed by atoms with Crippen LogP contribution in [0.25, 0.3) is 0 Å². The van der Waals surface area contributed by atoms with E-state index in [2.05, 4.69) is 45.3 Å². The molecule has 0 saturated heterocycles. The molecule has 0 aliphatic carbocycles. The lowest BCUT2D eigenvalue weighted by atomic mass is 10.1. The monoisotopic (exact) mass is 316 g/mol. The fourth-order valence-corrected chi connectivity index (χ4v) is 3.66. The Morgan fingerprint density at radius 2 is 2.00 bits per heavy atom. The summed E-state index contributed by atoms with van der Waals surface area (Å²) in [5.41, 5.74) is 1.01. The standard InChI is InChI=1S/C16H16N2OS2/c1-19-16-7-6-12(11-17-16)18-14(15-5-3-9-21-15)10-13-4-2-8-20-13/h2-9,11,14,18H,10H2,1H3. The van der Waals surface area contributed by atoms with Crippen molar-refractivity contribution in [2.75, 3.05) is 12.4 Å². The van der Waals surface area contributed by atoms with E-state index in [9.17, 15) is 0 Å². The summed E-state index contributed by atoms with van der Waals surface area (Å²) in [7, 11) is 1.63. The number of hydrogen-bond donors (Lipinski definition) is 1. The molecule has 1 unspecified atom stereocenters. The molecule has 1 atom stereocenters. The van der Waals surface area contributed by atoms with Gasteiger partial charge in [-0.2, -0.15) is 0 Å². The van der Waals surface area contributed by atoms with E-state index < -0.39 is 0 Å². The summed E-state index contributed by atoms with van der Waals surface area (Å²) in [6.07, 6.45) is 2.79. The van der Waals surface area contributed by atoms with Gasteiger partial charge in [0.05, 0.1) is 25.0 Å². The fourth-order valence-electron chi connectivity index (χ4n) is 2.13. The number of aromatic nitrogens is 1. The largest absolute Gasteiger partial charge is 0.481 e. The highest BCUT2D eigenvalue weighted by atomic mass is 32.1. The SMILES string of the molecule is COc1ccc(NC(Cc2cccs2)c2cccs2)cn1. The summed E-state index contributed by atoms with van der Waals surface area (Å²) in [6.45, 7) is 0. The minimum Gasteiger partial charge on any atom is -0.481 e. The van der Waals surface area contributed by atoms with Crippen molar-refractivity contribution in [2.45, 2.75) is 12.5 Å². The molecule has 3 aromatic heterocycles. The zero-order chi connectivity index (χ0) is 14.5. The number of hydrogen-bond acceptors (Lipinski definition) is 5.